The van der Waals surface area contributed by atoms with Crippen molar-refractivity contribution in [3.8, 4) is 11.5 Å². The van der Waals surface area contributed by atoms with Crippen LogP contribution in [0, 0.1) is 0 Å². The molecule has 1 fully saturated rings. The molecule has 0 amide bonds. The molecule has 0 aromatic heterocycles. The van der Waals surface area contributed by atoms with Crippen LogP contribution in [0.3, 0.4) is 0 Å². The zero-order valence-corrected chi connectivity index (χ0v) is 20.6. The van der Waals surface area contributed by atoms with Gasteiger partial charge < -0.3 is 10.2 Å². The Kier molecular flexibility index (Phi) is 8.12. The van der Waals surface area contributed by atoms with E-state index in [9.17, 15) is 10.2 Å². The lowest BCUT2D eigenvalue weighted by atomic mass is 9.91. The van der Waals surface area contributed by atoms with Gasteiger partial charge in [-0.15, -0.1) is 0 Å². The molecular formula is C24H28Br2N2O2. The molecule has 2 aromatic carbocycles. The van der Waals surface area contributed by atoms with Crippen LogP contribution in [0.25, 0.3) is 0 Å². The lowest BCUT2D eigenvalue weighted by Gasteiger charge is -2.25. The molecule has 0 aliphatic heterocycles. The minimum absolute atomic E-state index is 0.0680. The maximum absolute atomic E-state index is 10.4. The zero-order chi connectivity index (χ0) is 21.7. The number of halogens is 2. The molecule has 0 bridgehead atoms. The Hall–Kier alpha value is -1.66. The van der Waals surface area contributed by atoms with Gasteiger partial charge in [0.1, 0.15) is 11.5 Å². The van der Waals surface area contributed by atoms with Gasteiger partial charge in [-0.05, 0) is 92.9 Å². The van der Waals surface area contributed by atoms with Crippen LogP contribution in [0.4, 0.5) is 0 Å². The average molecular weight is 536 g/mol. The Morgan fingerprint density at radius 2 is 1.20 bits per heavy atom. The Labute approximate surface area is 195 Å². The number of aromatic hydroxyl groups is 2. The third kappa shape index (κ3) is 5.52. The number of nitrogens with zero attached hydrogens (tertiary/aromatic N) is 2. The molecule has 1 saturated carbocycles. The summed E-state index contributed by atoms with van der Waals surface area (Å²) in [5, 5.41) is 20.7. The maximum atomic E-state index is 10.4. The fraction of sp³-hybridized carbons (Fsp3) is 0.417. The van der Waals surface area contributed by atoms with E-state index < -0.39 is 0 Å². The van der Waals surface area contributed by atoms with Crippen LogP contribution < -0.4 is 0 Å². The molecule has 6 heteroatoms. The molecule has 0 spiro atoms. The average Bonchev–Trinajstić information content (AvgIpc) is 2.76. The summed E-state index contributed by atoms with van der Waals surface area (Å²) in [6.45, 7) is 4.18. The molecule has 4 nitrogen and oxygen atoms in total. The first-order chi connectivity index (χ1) is 14.4. The van der Waals surface area contributed by atoms with Crippen LogP contribution in [-0.2, 0) is 12.8 Å². The van der Waals surface area contributed by atoms with Gasteiger partial charge in [0, 0.05) is 23.6 Å². The second-order valence-corrected chi connectivity index (χ2v) is 9.42. The third-order valence-corrected chi connectivity index (χ3v) is 6.83. The largest absolute Gasteiger partial charge is 0.506 e. The van der Waals surface area contributed by atoms with Gasteiger partial charge in [-0.2, -0.15) is 0 Å². The van der Waals surface area contributed by atoms with E-state index in [1.807, 2.05) is 24.3 Å². The second kappa shape index (κ2) is 10.6. The highest BCUT2D eigenvalue weighted by Crippen LogP contribution is 2.31. The number of phenols is 2. The highest BCUT2D eigenvalue weighted by molar-refractivity contribution is 9.10. The summed E-state index contributed by atoms with van der Waals surface area (Å²) in [6, 6.07) is 7.98. The summed E-state index contributed by atoms with van der Waals surface area (Å²) in [5.74, 6) is 0.441. The third-order valence-electron chi connectivity index (χ3n) is 5.63. The van der Waals surface area contributed by atoms with E-state index in [2.05, 4.69) is 45.7 Å². The molecule has 1 aliphatic rings. The van der Waals surface area contributed by atoms with Gasteiger partial charge in [0.05, 0.1) is 21.0 Å². The molecule has 0 unspecified atom stereocenters. The van der Waals surface area contributed by atoms with Gasteiger partial charge in [-0.1, -0.05) is 26.7 Å². The Balaban J connectivity index is 1.83. The van der Waals surface area contributed by atoms with Gasteiger partial charge in [-0.3, -0.25) is 9.98 Å². The van der Waals surface area contributed by atoms with Crippen molar-refractivity contribution >= 4 is 44.3 Å². The molecule has 1 aliphatic carbocycles. The summed E-state index contributed by atoms with van der Waals surface area (Å²) in [7, 11) is 0. The molecule has 2 atom stereocenters. The van der Waals surface area contributed by atoms with Crippen LogP contribution in [0.1, 0.15) is 61.8 Å². The molecule has 160 valence electrons. The number of hydrogen-bond donors (Lipinski definition) is 2. The lowest BCUT2D eigenvalue weighted by Crippen LogP contribution is -2.27. The van der Waals surface area contributed by atoms with Crippen molar-refractivity contribution in [3.05, 3.63) is 55.5 Å². The molecule has 2 aromatic rings. The summed E-state index contributed by atoms with van der Waals surface area (Å²) in [4.78, 5) is 9.61. The smallest absolute Gasteiger partial charge is 0.138 e. The maximum Gasteiger partial charge on any atom is 0.138 e. The predicted molar refractivity (Wildman–Crippen MR) is 132 cm³/mol. The number of phenolic OH excluding ortho intramolecular Hbond substituents is 2. The van der Waals surface area contributed by atoms with Crippen LogP contribution in [0.2, 0.25) is 0 Å². The van der Waals surface area contributed by atoms with Crippen molar-refractivity contribution in [2.24, 2.45) is 9.98 Å². The van der Waals surface area contributed by atoms with E-state index in [0.29, 0.717) is 8.95 Å². The molecule has 30 heavy (non-hydrogen) atoms. The molecule has 0 heterocycles. The molecular weight excluding hydrogens is 508 g/mol. The topological polar surface area (TPSA) is 65.2 Å². The van der Waals surface area contributed by atoms with E-state index in [1.54, 1.807) is 12.4 Å². The molecule has 0 saturated heterocycles. The van der Waals surface area contributed by atoms with Gasteiger partial charge in [0.2, 0.25) is 0 Å². The van der Waals surface area contributed by atoms with Crippen LogP contribution in [-0.4, -0.2) is 34.7 Å². The first kappa shape index (κ1) is 23.0. The van der Waals surface area contributed by atoms with E-state index in [0.717, 1.165) is 60.8 Å². The van der Waals surface area contributed by atoms with Crippen molar-refractivity contribution in [3.63, 3.8) is 0 Å². The SMILES string of the molecule is CCc1cc(Br)c(O)c(C=N[C@@H]2CCCC[C@H]2N=Cc2cc(CC)cc(Br)c2O)c1. The first-order valence-corrected chi connectivity index (χ1v) is 12.1. The van der Waals surface area contributed by atoms with Crippen molar-refractivity contribution < 1.29 is 10.2 Å². The summed E-state index contributed by atoms with van der Waals surface area (Å²) in [5.41, 5.74) is 3.76. The Morgan fingerprint density at radius 3 is 1.57 bits per heavy atom. The molecule has 3 rings (SSSR count). The van der Waals surface area contributed by atoms with Gasteiger partial charge in [0.15, 0.2) is 0 Å². The standard InChI is InChI=1S/C24H28Br2N2O2/c1-3-15-9-17(23(29)19(25)11-15)13-27-21-7-5-6-8-22(21)28-14-18-10-16(4-2)12-20(26)24(18)30/h9-14,21-22,29-30H,3-8H2,1-2H3/t21-,22-/m1/s1. The number of aliphatic imine (C=N–C) groups is 2. The van der Waals surface area contributed by atoms with E-state index in [4.69, 9.17) is 9.98 Å². The second-order valence-electron chi connectivity index (χ2n) is 7.71. The van der Waals surface area contributed by atoms with Crippen LogP contribution in [0.5, 0.6) is 11.5 Å². The zero-order valence-electron chi connectivity index (χ0n) is 17.4. The minimum Gasteiger partial charge on any atom is -0.506 e. The van der Waals surface area contributed by atoms with Crippen LogP contribution >= 0.6 is 31.9 Å². The summed E-state index contributed by atoms with van der Waals surface area (Å²) >= 11 is 6.86. The molecule has 0 radical (unpaired) electrons. The fourth-order valence-corrected chi connectivity index (χ4v) is 4.80. The van der Waals surface area contributed by atoms with Crippen molar-refractivity contribution in [2.45, 2.75) is 64.5 Å². The van der Waals surface area contributed by atoms with Crippen molar-refractivity contribution in [1.82, 2.24) is 0 Å². The van der Waals surface area contributed by atoms with Crippen molar-refractivity contribution in [1.29, 1.82) is 0 Å². The van der Waals surface area contributed by atoms with Gasteiger partial charge in [0.25, 0.3) is 0 Å². The van der Waals surface area contributed by atoms with Crippen molar-refractivity contribution in [2.75, 3.05) is 0 Å². The van der Waals surface area contributed by atoms with E-state index in [1.165, 1.54) is 0 Å². The van der Waals surface area contributed by atoms with Gasteiger partial charge in [-0.25, -0.2) is 0 Å². The number of hydrogen-bond acceptors (Lipinski definition) is 4. The van der Waals surface area contributed by atoms with E-state index in [-0.39, 0.29) is 23.6 Å². The first-order valence-electron chi connectivity index (χ1n) is 10.5. The van der Waals surface area contributed by atoms with E-state index >= 15 is 0 Å². The molecule has 2 N–H and O–H groups in total. The normalized spacial score (nSPS) is 19.7. The number of benzene rings is 2. The Morgan fingerprint density at radius 1 is 0.800 bits per heavy atom. The quantitative estimate of drug-likeness (QED) is 0.409. The van der Waals surface area contributed by atoms with Crippen LogP contribution in [0.15, 0.2) is 43.2 Å². The Bertz CT molecular complexity index is 879. The highest BCUT2D eigenvalue weighted by atomic mass is 79.9. The number of aryl methyl sites for hydroxylation is 2. The summed E-state index contributed by atoms with van der Waals surface area (Å²) in [6.07, 6.45) is 9.55. The fourth-order valence-electron chi connectivity index (χ4n) is 3.75. The predicted octanol–water partition coefficient (Wildman–Crippen LogP) is 6.60. The van der Waals surface area contributed by atoms with Gasteiger partial charge >= 0.3 is 0 Å². The highest BCUT2D eigenvalue weighted by Gasteiger charge is 2.23. The number of rotatable bonds is 6. The monoisotopic (exact) mass is 534 g/mol. The lowest BCUT2D eigenvalue weighted by molar-refractivity contribution is 0.390. The summed E-state index contributed by atoms with van der Waals surface area (Å²) < 4.78 is 1.39. The minimum atomic E-state index is 0.0680.